The van der Waals surface area contributed by atoms with E-state index >= 15 is 0 Å². The van der Waals surface area contributed by atoms with Gasteiger partial charge in [-0.1, -0.05) is 6.07 Å². The SMILES string of the molecule is CC(C)N(CC(F)(F)F)c1snc(N)c1-c1cccnc1. The molecule has 0 atom stereocenters. The van der Waals surface area contributed by atoms with Crippen molar-refractivity contribution in [2.45, 2.75) is 26.1 Å². The van der Waals surface area contributed by atoms with Gasteiger partial charge >= 0.3 is 6.18 Å². The molecule has 8 heteroatoms. The second-order valence-corrected chi connectivity index (χ2v) is 5.58. The Bertz CT molecular complexity index is 595. The average Bonchev–Trinajstić information content (AvgIpc) is 2.77. The van der Waals surface area contributed by atoms with Gasteiger partial charge in [0.25, 0.3) is 0 Å². The highest BCUT2D eigenvalue weighted by atomic mass is 32.1. The smallest absolute Gasteiger partial charge is 0.382 e. The van der Waals surface area contributed by atoms with Gasteiger partial charge in [-0.15, -0.1) is 0 Å². The Kier molecular flexibility index (Phi) is 4.36. The number of aromatic nitrogens is 2. The lowest BCUT2D eigenvalue weighted by Crippen LogP contribution is -2.38. The van der Waals surface area contributed by atoms with Crippen molar-refractivity contribution in [2.24, 2.45) is 0 Å². The molecule has 0 aliphatic rings. The van der Waals surface area contributed by atoms with E-state index in [-0.39, 0.29) is 11.9 Å². The lowest BCUT2D eigenvalue weighted by Gasteiger charge is -2.29. The Morgan fingerprint density at radius 1 is 1.38 bits per heavy atom. The number of pyridine rings is 1. The number of nitrogens with two attached hydrogens (primary N) is 1. The third kappa shape index (κ3) is 3.63. The minimum atomic E-state index is -4.30. The fraction of sp³-hybridized carbons (Fsp3) is 0.385. The number of halogens is 3. The van der Waals surface area contributed by atoms with Crippen LogP contribution in [0.2, 0.25) is 0 Å². The number of anilines is 2. The van der Waals surface area contributed by atoms with E-state index in [0.29, 0.717) is 16.1 Å². The Labute approximate surface area is 124 Å². The monoisotopic (exact) mass is 316 g/mol. The highest BCUT2D eigenvalue weighted by molar-refractivity contribution is 7.11. The molecule has 0 amide bonds. The van der Waals surface area contributed by atoms with Crippen LogP contribution in [0.15, 0.2) is 24.5 Å². The molecule has 0 saturated heterocycles. The van der Waals surface area contributed by atoms with E-state index in [0.717, 1.165) is 11.5 Å². The molecule has 21 heavy (non-hydrogen) atoms. The Morgan fingerprint density at radius 2 is 2.10 bits per heavy atom. The van der Waals surface area contributed by atoms with E-state index in [1.54, 1.807) is 38.4 Å². The minimum Gasteiger partial charge on any atom is -0.382 e. The number of nitrogen functional groups attached to an aromatic ring is 1. The van der Waals surface area contributed by atoms with Crippen LogP contribution < -0.4 is 10.6 Å². The van der Waals surface area contributed by atoms with Gasteiger partial charge in [-0.25, -0.2) is 0 Å². The van der Waals surface area contributed by atoms with Crippen LogP contribution in [0, 0.1) is 0 Å². The molecule has 0 bridgehead atoms. The first kappa shape index (κ1) is 15.6. The van der Waals surface area contributed by atoms with Gasteiger partial charge in [0.1, 0.15) is 17.4 Å². The van der Waals surface area contributed by atoms with Crippen LogP contribution in [0.5, 0.6) is 0 Å². The van der Waals surface area contributed by atoms with Gasteiger partial charge in [0.2, 0.25) is 0 Å². The van der Waals surface area contributed by atoms with Gasteiger partial charge in [0, 0.05) is 24.0 Å². The van der Waals surface area contributed by atoms with Crippen LogP contribution in [-0.4, -0.2) is 28.1 Å². The molecule has 114 valence electrons. The van der Waals surface area contributed by atoms with Crippen LogP contribution in [-0.2, 0) is 0 Å². The molecule has 2 N–H and O–H groups in total. The van der Waals surface area contributed by atoms with Crippen LogP contribution in [0.1, 0.15) is 13.8 Å². The molecule has 2 aromatic rings. The van der Waals surface area contributed by atoms with Gasteiger partial charge in [-0.2, -0.15) is 17.5 Å². The van der Waals surface area contributed by atoms with E-state index in [4.69, 9.17) is 5.73 Å². The maximum Gasteiger partial charge on any atom is 0.405 e. The highest BCUT2D eigenvalue weighted by Crippen LogP contribution is 2.40. The van der Waals surface area contributed by atoms with Crippen molar-refractivity contribution in [2.75, 3.05) is 17.2 Å². The summed E-state index contributed by atoms with van der Waals surface area (Å²) in [7, 11) is 0. The van der Waals surface area contributed by atoms with Gasteiger partial charge in [-0.3, -0.25) is 4.98 Å². The van der Waals surface area contributed by atoms with Crippen molar-refractivity contribution >= 4 is 22.4 Å². The molecule has 4 nitrogen and oxygen atoms in total. The van der Waals surface area contributed by atoms with Gasteiger partial charge < -0.3 is 10.6 Å². The third-order valence-electron chi connectivity index (χ3n) is 2.88. The maximum absolute atomic E-state index is 12.8. The third-order valence-corrected chi connectivity index (χ3v) is 3.78. The van der Waals surface area contributed by atoms with E-state index in [1.165, 1.54) is 4.90 Å². The summed E-state index contributed by atoms with van der Waals surface area (Å²) >= 11 is 0.971. The first-order valence-electron chi connectivity index (χ1n) is 6.28. The zero-order valence-electron chi connectivity index (χ0n) is 11.6. The van der Waals surface area contributed by atoms with Crippen LogP contribution >= 0.6 is 11.5 Å². The summed E-state index contributed by atoms with van der Waals surface area (Å²) in [6.07, 6.45) is -1.14. The summed E-state index contributed by atoms with van der Waals surface area (Å²) in [6, 6.07) is 3.13. The molecular weight excluding hydrogens is 301 g/mol. The molecular formula is C13H15F3N4S. The minimum absolute atomic E-state index is 0.218. The summed E-state index contributed by atoms with van der Waals surface area (Å²) in [5.74, 6) is 0.218. The topological polar surface area (TPSA) is 55.0 Å². The molecule has 0 aromatic carbocycles. The van der Waals surface area contributed by atoms with Crippen molar-refractivity contribution in [3.63, 3.8) is 0 Å². The number of alkyl halides is 3. The van der Waals surface area contributed by atoms with E-state index in [9.17, 15) is 13.2 Å². The number of nitrogens with zero attached hydrogens (tertiary/aromatic N) is 3. The fourth-order valence-corrected chi connectivity index (χ4v) is 2.92. The van der Waals surface area contributed by atoms with Crippen molar-refractivity contribution < 1.29 is 13.2 Å². The van der Waals surface area contributed by atoms with Crippen molar-refractivity contribution in [1.82, 2.24) is 9.36 Å². The van der Waals surface area contributed by atoms with Crippen LogP contribution in [0.3, 0.4) is 0 Å². The average molecular weight is 316 g/mol. The van der Waals surface area contributed by atoms with E-state index < -0.39 is 12.7 Å². The Hall–Kier alpha value is -1.83. The van der Waals surface area contributed by atoms with Crippen molar-refractivity contribution in [1.29, 1.82) is 0 Å². The molecule has 0 spiro atoms. The normalized spacial score (nSPS) is 11.9. The second kappa shape index (κ2) is 5.88. The van der Waals surface area contributed by atoms with Gasteiger partial charge in [0.05, 0.1) is 5.56 Å². The Morgan fingerprint density at radius 3 is 2.62 bits per heavy atom. The predicted molar refractivity (Wildman–Crippen MR) is 78.3 cm³/mol. The predicted octanol–water partition coefficient (Wildman–Crippen LogP) is 3.56. The Balaban J connectivity index is 2.48. The van der Waals surface area contributed by atoms with Gasteiger partial charge in [0.15, 0.2) is 0 Å². The van der Waals surface area contributed by atoms with Gasteiger partial charge in [-0.05, 0) is 31.4 Å². The summed E-state index contributed by atoms with van der Waals surface area (Å²) in [5.41, 5.74) is 7.00. The van der Waals surface area contributed by atoms with E-state index in [1.807, 2.05) is 0 Å². The summed E-state index contributed by atoms with van der Waals surface area (Å²) in [5, 5.41) is 0.410. The standard InChI is InChI=1S/C13H15F3N4S/c1-8(2)20(7-13(14,15)16)12-10(11(17)19-21-12)9-4-3-5-18-6-9/h3-6,8H,7H2,1-2H3,(H2,17,19). The fourth-order valence-electron chi connectivity index (χ4n) is 1.95. The second-order valence-electron chi connectivity index (χ2n) is 4.83. The lowest BCUT2D eigenvalue weighted by molar-refractivity contribution is -0.120. The molecule has 0 aliphatic heterocycles. The van der Waals surface area contributed by atoms with Crippen LogP contribution in [0.4, 0.5) is 24.0 Å². The molecule has 2 rings (SSSR count). The molecule has 0 saturated carbocycles. The number of hydrogen-bond acceptors (Lipinski definition) is 5. The molecule has 2 aromatic heterocycles. The molecule has 2 heterocycles. The maximum atomic E-state index is 12.8. The summed E-state index contributed by atoms with van der Waals surface area (Å²) in [4.78, 5) is 5.24. The van der Waals surface area contributed by atoms with Crippen LogP contribution in [0.25, 0.3) is 11.1 Å². The zero-order valence-corrected chi connectivity index (χ0v) is 12.4. The first-order chi connectivity index (χ1) is 9.79. The molecule has 0 fully saturated rings. The highest BCUT2D eigenvalue weighted by Gasteiger charge is 2.34. The summed E-state index contributed by atoms with van der Waals surface area (Å²) in [6.45, 7) is 2.36. The van der Waals surface area contributed by atoms with E-state index in [2.05, 4.69) is 9.36 Å². The zero-order chi connectivity index (χ0) is 15.6. The first-order valence-corrected chi connectivity index (χ1v) is 7.06. The quantitative estimate of drug-likeness (QED) is 0.937. The summed E-state index contributed by atoms with van der Waals surface area (Å²) < 4.78 is 42.4. The molecule has 0 unspecified atom stereocenters. The number of hydrogen-bond donors (Lipinski definition) is 1. The molecule has 0 radical (unpaired) electrons. The van der Waals surface area contributed by atoms with Crippen molar-refractivity contribution in [3.8, 4) is 11.1 Å². The molecule has 0 aliphatic carbocycles. The van der Waals surface area contributed by atoms with Crippen molar-refractivity contribution in [3.05, 3.63) is 24.5 Å². The largest absolute Gasteiger partial charge is 0.405 e. The number of rotatable bonds is 4. The lowest BCUT2D eigenvalue weighted by atomic mass is 10.1.